The fraction of sp³-hybridized carbons (Fsp3) is 0.130. The Bertz CT molecular complexity index is 1310. The summed E-state index contributed by atoms with van der Waals surface area (Å²) in [5.74, 6) is 0.119. The lowest BCUT2D eigenvalue weighted by atomic mass is 10.1. The predicted octanol–water partition coefficient (Wildman–Crippen LogP) is 4.47. The van der Waals surface area contributed by atoms with Gasteiger partial charge in [-0.25, -0.2) is 0 Å². The Kier molecular flexibility index (Phi) is 5.68. The highest BCUT2D eigenvalue weighted by Gasteiger charge is 2.16. The van der Waals surface area contributed by atoms with Crippen LogP contribution in [0.25, 0.3) is 22.8 Å². The molecule has 0 saturated heterocycles. The van der Waals surface area contributed by atoms with Gasteiger partial charge >= 0.3 is 0 Å². The number of benzene rings is 2. The van der Waals surface area contributed by atoms with Crippen molar-refractivity contribution in [2.24, 2.45) is 0 Å². The summed E-state index contributed by atoms with van der Waals surface area (Å²) in [6, 6.07) is 16.0. The van der Waals surface area contributed by atoms with Gasteiger partial charge in [0.1, 0.15) is 12.1 Å². The van der Waals surface area contributed by atoms with Crippen molar-refractivity contribution in [1.82, 2.24) is 14.7 Å². The number of rotatable bonds is 5. The minimum atomic E-state index is -0.398. The molecule has 0 aliphatic carbocycles. The molecule has 4 aromatic rings. The van der Waals surface area contributed by atoms with Crippen molar-refractivity contribution >= 4 is 23.2 Å². The summed E-state index contributed by atoms with van der Waals surface area (Å²) < 4.78 is 6.60. The minimum absolute atomic E-state index is 0.0826. The summed E-state index contributed by atoms with van der Waals surface area (Å²) in [6.07, 6.45) is 1.55. The van der Waals surface area contributed by atoms with Gasteiger partial charge in [-0.3, -0.25) is 9.59 Å². The standard InChI is InChI=1S/C23H19ClN4O3/c1-14-5-6-15(2)19(12-14)25-20(29)13-28-11-3-4-18(23(28)30)22-26-21(27-31-22)16-7-9-17(24)10-8-16/h3-12H,13H2,1-2H3,(H,25,29). The molecule has 0 spiro atoms. The first-order valence-electron chi connectivity index (χ1n) is 9.57. The van der Waals surface area contributed by atoms with Crippen molar-refractivity contribution in [3.63, 3.8) is 0 Å². The Morgan fingerprint density at radius 1 is 1.13 bits per heavy atom. The van der Waals surface area contributed by atoms with Crippen LogP contribution in [-0.4, -0.2) is 20.6 Å². The predicted molar refractivity (Wildman–Crippen MR) is 119 cm³/mol. The van der Waals surface area contributed by atoms with E-state index < -0.39 is 5.56 Å². The van der Waals surface area contributed by atoms with E-state index >= 15 is 0 Å². The zero-order chi connectivity index (χ0) is 22.0. The van der Waals surface area contributed by atoms with Crippen molar-refractivity contribution in [3.05, 3.63) is 87.3 Å². The van der Waals surface area contributed by atoms with Gasteiger partial charge in [0.2, 0.25) is 11.7 Å². The van der Waals surface area contributed by atoms with Crippen molar-refractivity contribution < 1.29 is 9.32 Å². The number of aromatic nitrogens is 3. The number of carbonyl (C=O) groups is 1. The van der Waals surface area contributed by atoms with Crippen LogP contribution in [0.3, 0.4) is 0 Å². The molecule has 0 unspecified atom stereocenters. The number of amides is 1. The lowest BCUT2D eigenvalue weighted by Crippen LogP contribution is -2.28. The number of pyridine rings is 1. The molecular formula is C23H19ClN4O3. The number of aryl methyl sites for hydroxylation is 2. The van der Waals surface area contributed by atoms with E-state index in [0.717, 1.165) is 16.8 Å². The molecule has 0 aliphatic heterocycles. The quantitative estimate of drug-likeness (QED) is 0.500. The van der Waals surface area contributed by atoms with Crippen molar-refractivity contribution in [2.75, 3.05) is 5.32 Å². The number of anilines is 1. The molecule has 4 rings (SSSR count). The Morgan fingerprint density at radius 3 is 2.68 bits per heavy atom. The van der Waals surface area contributed by atoms with Crippen LogP contribution in [0.4, 0.5) is 5.69 Å². The van der Waals surface area contributed by atoms with Gasteiger partial charge in [-0.15, -0.1) is 0 Å². The Labute approximate surface area is 183 Å². The molecule has 0 fully saturated rings. The maximum atomic E-state index is 12.9. The smallest absolute Gasteiger partial charge is 0.263 e. The molecule has 2 heterocycles. The van der Waals surface area contributed by atoms with E-state index in [0.29, 0.717) is 16.4 Å². The normalized spacial score (nSPS) is 10.8. The third kappa shape index (κ3) is 4.57. The number of nitrogens with one attached hydrogen (secondary N) is 1. The van der Waals surface area contributed by atoms with Crippen LogP contribution in [0.5, 0.6) is 0 Å². The molecule has 8 heteroatoms. The zero-order valence-corrected chi connectivity index (χ0v) is 17.7. The summed E-state index contributed by atoms with van der Waals surface area (Å²) >= 11 is 5.91. The van der Waals surface area contributed by atoms with Gasteiger partial charge in [0, 0.05) is 22.5 Å². The lowest BCUT2D eigenvalue weighted by Gasteiger charge is -2.11. The van der Waals surface area contributed by atoms with Crippen LogP contribution in [0.15, 0.2) is 70.1 Å². The Morgan fingerprint density at radius 2 is 1.90 bits per heavy atom. The highest BCUT2D eigenvalue weighted by atomic mass is 35.5. The van der Waals surface area contributed by atoms with Gasteiger partial charge in [-0.1, -0.05) is 28.9 Å². The van der Waals surface area contributed by atoms with Crippen molar-refractivity contribution in [2.45, 2.75) is 20.4 Å². The second-order valence-electron chi connectivity index (χ2n) is 7.15. The van der Waals surface area contributed by atoms with Crippen LogP contribution in [0, 0.1) is 13.8 Å². The first-order valence-corrected chi connectivity index (χ1v) is 9.95. The largest absolute Gasteiger partial charge is 0.333 e. The SMILES string of the molecule is Cc1ccc(C)c(NC(=O)Cn2cccc(-c3nc(-c4ccc(Cl)cc4)no3)c2=O)c1. The van der Waals surface area contributed by atoms with Crippen LogP contribution < -0.4 is 10.9 Å². The molecule has 0 aliphatic rings. The van der Waals surface area contributed by atoms with Gasteiger partial charge < -0.3 is 14.4 Å². The first kappa shape index (κ1) is 20.6. The molecule has 1 amide bonds. The third-order valence-electron chi connectivity index (χ3n) is 4.76. The average molecular weight is 435 g/mol. The van der Waals surface area contributed by atoms with E-state index in [1.165, 1.54) is 4.57 Å². The highest BCUT2D eigenvalue weighted by Crippen LogP contribution is 2.22. The molecule has 0 atom stereocenters. The van der Waals surface area contributed by atoms with E-state index in [-0.39, 0.29) is 23.9 Å². The van der Waals surface area contributed by atoms with Gasteiger partial charge in [0.15, 0.2) is 0 Å². The molecule has 0 bridgehead atoms. The number of hydrogen-bond donors (Lipinski definition) is 1. The number of hydrogen-bond acceptors (Lipinski definition) is 5. The molecule has 0 radical (unpaired) electrons. The summed E-state index contributed by atoms with van der Waals surface area (Å²) in [5, 5.41) is 7.39. The number of halogens is 1. The van der Waals surface area contributed by atoms with Crippen LogP contribution in [0.1, 0.15) is 11.1 Å². The van der Waals surface area contributed by atoms with E-state index in [9.17, 15) is 9.59 Å². The van der Waals surface area contributed by atoms with E-state index in [1.807, 2.05) is 32.0 Å². The number of nitrogens with zero attached hydrogens (tertiary/aromatic N) is 3. The van der Waals surface area contributed by atoms with E-state index in [2.05, 4.69) is 15.5 Å². The van der Waals surface area contributed by atoms with Gasteiger partial charge in [0.25, 0.3) is 11.4 Å². The van der Waals surface area contributed by atoms with Gasteiger partial charge in [0.05, 0.1) is 0 Å². The maximum absolute atomic E-state index is 12.9. The average Bonchev–Trinajstić information content (AvgIpc) is 3.23. The van der Waals surface area contributed by atoms with Gasteiger partial charge in [-0.05, 0) is 67.4 Å². The highest BCUT2D eigenvalue weighted by molar-refractivity contribution is 6.30. The monoisotopic (exact) mass is 434 g/mol. The summed E-state index contributed by atoms with van der Waals surface area (Å²) in [7, 11) is 0. The molecular weight excluding hydrogens is 416 g/mol. The number of carbonyl (C=O) groups excluding carboxylic acids is 1. The molecule has 31 heavy (non-hydrogen) atoms. The van der Waals surface area contributed by atoms with Crippen LogP contribution >= 0.6 is 11.6 Å². The van der Waals surface area contributed by atoms with E-state index in [4.69, 9.17) is 16.1 Å². The summed E-state index contributed by atoms with van der Waals surface area (Å²) in [6.45, 7) is 3.72. The molecule has 1 N–H and O–H groups in total. The van der Waals surface area contributed by atoms with Crippen LogP contribution in [0.2, 0.25) is 5.02 Å². The van der Waals surface area contributed by atoms with Crippen molar-refractivity contribution in [3.8, 4) is 22.8 Å². The molecule has 0 saturated carbocycles. The fourth-order valence-corrected chi connectivity index (χ4v) is 3.21. The van der Waals surface area contributed by atoms with Crippen molar-refractivity contribution in [1.29, 1.82) is 0 Å². The molecule has 2 aromatic carbocycles. The fourth-order valence-electron chi connectivity index (χ4n) is 3.09. The second kappa shape index (κ2) is 8.57. The summed E-state index contributed by atoms with van der Waals surface area (Å²) in [4.78, 5) is 29.8. The molecule has 2 aromatic heterocycles. The van der Waals surface area contributed by atoms with E-state index in [1.54, 1.807) is 42.6 Å². The molecule has 7 nitrogen and oxygen atoms in total. The Balaban J connectivity index is 1.56. The zero-order valence-electron chi connectivity index (χ0n) is 16.9. The lowest BCUT2D eigenvalue weighted by molar-refractivity contribution is -0.116. The Hall–Kier alpha value is -3.71. The summed E-state index contributed by atoms with van der Waals surface area (Å²) in [5.41, 5.74) is 3.23. The minimum Gasteiger partial charge on any atom is -0.333 e. The second-order valence-corrected chi connectivity index (χ2v) is 7.59. The van der Waals surface area contributed by atoms with Gasteiger partial charge in [-0.2, -0.15) is 4.98 Å². The van der Waals surface area contributed by atoms with Crippen LogP contribution in [-0.2, 0) is 11.3 Å². The maximum Gasteiger partial charge on any atom is 0.263 e. The molecule has 156 valence electrons. The first-order chi connectivity index (χ1) is 14.9. The topological polar surface area (TPSA) is 90.0 Å². The third-order valence-corrected chi connectivity index (χ3v) is 5.01.